The van der Waals surface area contributed by atoms with E-state index < -0.39 is 18.1 Å². The number of benzene rings is 1. The van der Waals surface area contributed by atoms with Crippen molar-refractivity contribution in [2.45, 2.75) is 31.0 Å². The maximum atomic E-state index is 11.0. The summed E-state index contributed by atoms with van der Waals surface area (Å²) in [6, 6.07) is 10.2. The number of aromatic nitrogens is 4. The number of carbonyl (C=O) groups excluding carboxylic acids is 1. The highest BCUT2D eigenvalue weighted by Gasteiger charge is 2.40. The third kappa shape index (κ3) is 5.25. The summed E-state index contributed by atoms with van der Waals surface area (Å²) >= 11 is 0. The lowest BCUT2D eigenvalue weighted by molar-refractivity contribution is -0.192. The lowest BCUT2D eigenvalue weighted by atomic mass is 9.72. The molecule has 0 spiro atoms. The summed E-state index contributed by atoms with van der Waals surface area (Å²) in [5.41, 5.74) is 6.12. The average molecular weight is 400 g/mol. The van der Waals surface area contributed by atoms with Crippen LogP contribution in [0.2, 0.25) is 0 Å². The highest BCUT2D eigenvalue weighted by Crippen LogP contribution is 2.37. The van der Waals surface area contributed by atoms with Crippen LogP contribution in [-0.4, -0.2) is 56.5 Å². The van der Waals surface area contributed by atoms with E-state index in [-0.39, 0.29) is 12.0 Å². The number of nitrogens with one attached hydrogen (secondary N) is 1. The van der Waals surface area contributed by atoms with E-state index in [1.54, 1.807) is 0 Å². The van der Waals surface area contributed by atoms with Crippen molar-refractivity contribution >= 4 is 11.9 Å². The summed E-state index contributed by atoms with van der Waals surface area (Å²) in [6.45, 7) is 1.76. The molecule has 0 atom stereocenters. The molecule has 0 radical (unpaired) electrons. The van der Waals surface area contributed by atoms with Crippen LogP contribution in [0.15, 0.2) is 30.3 Å². The molecule has 0 bridgehead atoms. The molecule has 3 rings (SSSR count). The number of aliphatic carboxylic acids is 1. The average Bonchev–Trinajstić information content (AvgIpc) is 3.11. The van der Waals surface area contributed by atoms with Crippen LogP contribution in [0.5, 0.6) is 0 Å². The van der Waals surface area contributed by atoms with Crippen molar-refractivity contribution in [1.82, 2.24) is 25.5 Å². The Morgan fingerprint density at radius 2 is 1.79 bits per heavy atom. The third-order valence-electron chi connectivity index (χ3n) is 4.20. The summed E-state index contributed by atoms with van der Waals surface area (Å²) in [4.78, 5) is 21.2. The fourth-order valence-corrected chi connectivity index (χ4v) is 2.89. The van der Waals surface area contributed by atoms with Gasteiger partial charge in [-0.05, 0) is 36.7 Å². The first kappa shape index (κ1) is 21.3. The summed E-state index contributed by atoms with van der Waals surface area (Å²) in [5, 5.41) is 23.0. The van der Waals surface area contributed by atoms with Gasteiger partial charge in [-0.25, -0.2) is 4.79 Å². The first-order valence-corrected chi connectivity index (χ1v) is 8.28. The second-order valence-corrected chi connectivity index (χ2v) is 6.11. The van der Waals surface area contributed by atoms with Crippen molar-refractivity contribution in [2.24, 2.45) is 5.73 Å². The quantitative estimate of drug-likeness (QED) is 0.678. The molecule has 1 saturated heterocycles. The van der Waals surface area contributed by atoms with Crippen LogP contribution in [0, 0.1) is 0 Å². The zero-order valence-electron chi connectivity index (χ0n) is 14.7. The van der Waals surface area contributed by atoms with E-state index in [0.29, 0.717) is 5.82 Å². The number of hydrogen-bond donors (Lipinski definition) is 3. The Hall–Kier alpha value is -3.02. The molecule has 1 aliphatic heterocycles. The van der Waals surface area contributed by atoms with Gasteiger partial charge in [-0.15, -0.1) is 10.2 Å². The largest absolute Gasteiger partial charge is 0.490 e. The Bertz CT molecular complexity index is 803. The fourth-order valence-electron chi connectivity index (χ4n) is 2.89. The van der Waals surface area contributed by atoms with E-state index in [2.05, 4.69) is 32.9 Å². The summed E-state index contributed by atoms with van der Waals surface area (Å²) < 4.78 is 31.7. The van der Waals surface area contributed by atoms with E-state index >= 15 is 0 Å². The van der Waals surface area contributed by atoms with E-state index in [0.717, 1.165) is 25.9 Å². The van der Waals surface area contributed by atoms with Gasteiger partial charge in [0, 0.05) is 0 Å². The number of alkyl halides is 3. The van der Waals surface area contributed by atoms with Crippen molar-refractivity contribution < 1.29 is 27.9 Å². The number of carbonyl (C=O) groups is 2. The molecule has 4 N–H and O–H groups in total. The van der Waals surface area contributed by atoms with Crippen LogP contribution in [-0.2, 0) is 21.5 Å². The van der Waals surface area contributed by atoms with Crippen LogP contribution in [0.4, 0.5) is 13.2 Å². The molecule has 9 nitrogen and oxygen atoms in total. The van der Waals surface area contributed by atoms with Gasteiger partial charge < -0.3 is 16.2 Å². The first-order chi connectivity index (χ1) is 13.1. The van der Waals surface area contributed by atoms with Crippen molar-refractivity contribution in [3.63, 3.8) is 0 Å². The normalized spacial score (nSPS) is 16.0. The molecule has 1 amide bonds. The number of nitrogens with zero attached hydrogens (tertiary/aromatic N) is 4. The Labute approximate surface area is 157 Å². The summed E-state index contributed by atoms with van der Waals surface area (Å²) in [7, 11) is 0. The number of nitrogens with two attached hydrogens (primary N) is 1. The molecule has 1 aromatic heterocycles. The zero-order valence-corrected chi connectivity index (χ0v) is 14.7. The van der Waals surface area contributed by atoms with Gasteiger partial charge in [-0.2, -0.15) is 18.0 Å². The summed E-state index contributed by atoms with van der Waals surface area (Å²) in [5.74, 6) is -2.57. The molecule has 1 aromatic carbocycles. The molecule has 0 unspecified atom stereocenters. The minimum absolute atomic E-state index is 0.0455. The molecule has 12 heteroatoms. The van der Waals surface area contributed by atoms with Gasteiger partial charge in [0.25, 0.3) is 0 Å². The van der Waals surface area contributed by atoms with Crippen molar-refractivity contribution in [1.29, 1.82) is 0 Å². The third-order valence-corrected chi connectivity index (χ3v) is 4.20. The molecular weight excluding hydrogens is 381 g/mol. The SMILES string of the molecule is NC(=O)Cn1nnc(C2(c3ccccc3)CCNCC2)n1.O=C(O)C(F)(F)F. The highest BCUT2D eigenvalue weighted by atomic mass is 19.4. The number of hydrogen-bond acceptors (Lipinski definition) is 6. The Kier molecular flexibility index (Phi) is 6.67. The van der Waals surface area contributed by atoms with Crippen LogP contribution >= 0.6 is 0 Å². The van der Waals surface area contributed by atoms with Crippen molar-refractivity contribution in [2.75, 3.05) is 13.1 Å². The standard InChI is InChI=1S/C14H18N6O.C2HF3O2/c15-12(21)10-20-18-13(17-19-20)14(6-8-16-9-7-14)11-4-2-1-3-5-11;3-2(4,5)1(6)7/h1-5,16H,6-10H2,(H2,15,21);(H,6,7). The van der Waals surface area contributed by atoms with Gasteiger partial charge in [-0.1, -0.05) is 30.3 Å². The molecule has 2 heterocycles. The van der Waals surface area contributed by atoms with Gasteiger partial charge in [0.05, 0.1) is 5.41 Å². The minimum Gasteiger partial charge on any atom is -0.475 e. The second kappa shape index (κ2) is 8.78. The maximum Gasteiger partial charge on any atom is 0.490 e. The zero-order chi connectivity index (χ0) is 20.8. The molecule has 0 aliphatic carbocycles. The fraction of sp³-hybridized carbons (Fsp3) is 0.438. The van der Waals surface area contributed by atoms with Crippen LogP contribution in [0.1, 0.15) is 24.2 Å². The van der Waals surface area contributed by atoms with Gasteiger partial charge in [0.2, 0.25) is 5.91 Å². The highest BCUT2D eigenvalue weighted by molar-refractivity contribution is 5.73. The number of carboxylic acids is 1. The maximum absolute atomic E-state index is 11.0. The van der Waals surface area contributed by atoms with E-state index in [1.165, 1.54) is 10.4 Å². The lowest BCUT2D eigenvalue weighted by Gasteiger charge is -2.35. The van der Waals surface area contributed by atoms with Gasteiger partial charge in [0.1, 0.15) is 6.54 Å². The molecule has 152 valence electrons. The van der Waals surface area contributed by atoms with Crippen LogP contribution in [0.25, 0.3) is 0 Å². The van der Waals surface area contributed by atoms with Crippen LogP contribution < -0.4 is 11.1 Å². The number of halogens is 3. The molecule has 0 saturated carbocycles. The predicted molar refractivity (Wildman–Crippen MR) is 90.0 cm³/mol. The van der Waals surface area contributed by atoms with E-state index in [4.69, 9.17) is 15.6 Å². The first-order valence-electron chi connectivity index (χ1n) is 8.28. The van der Waals surface area contributed by atoms with Crippen LogP contribution in [0.3, 0.4) is 0 Å². The molecule has 28 heavy (non-hydrogen) atoms. The predicted octanol–water partition coefficient (Wildman–Crippen LogP) is 0.461. The number of rotatable bonds is 4. The smallest absolute Gasteiger partial charge is 0.475 e. The number of carboxylic acid groups (broad SMARTS) is 1. The van der Waals surface area contributed by atoms with Crippen molar-refractivity contribution in [3.05, 3.63) is 41.7 Å². The summed E-state index contributed by atoms with van der Waals surface area (Å²) in [6.07, 6.45) is -3.28. The molecule has 1 fully saturated rings. The lowest BCUT2D eigenvalue weighted by Crippen LogP contribution is -2.41. The minimum atomic E-state index is -5.08. The number of tetrazole rings is 1. The molecular formula is C16H19F3N6O3. The van der Waals surface area contributed by atoms with E-state index in [9.17, 15) is 18.0 Å². The molecule has 2 aromatic rings. The monoisotopic (exact) mass is 400 g/mol. The second-order valence-electron chi connectivity index (χ2n) is 6.11. The van der Waals surface area contributed by atoms with Gasteiger partial charge >= 0.3 is 12.1 Å². The van der Waals surface area contributed by atoms with E-state index in [1.807, 2.05) is 18.2 Å². The molecule has 1 aliphatic rings. The number of primary amides is 1. The van der Waals surface area contributed by atoms with Gasteiger partial charge in [-0.3, -0.25) is 4.79 Å². The Balaban J connectivity index is 0.000000345. The number of amides is 1. The Morgan fingerprint density at radius 3 is 2.29 bits per heavy atom. The Morgan fingerprint density at radius 1 is 1.21 bits per heavy atom. The topological polar surface area (TPSA) is 136 Å². The van der Waals surface area contributed by atoms with Gasteiger partial charge in [0.15, 0.2) is 5.82 Å². The van der Waals surface area contributed by atoms with Crippen molar-refractivity contribution in [3.8, 4) is 0 Å². The number of piperidine rings is 1.